The van der Waals surface area contributed by atoms with Gasteiger partial charge in [0, 0.05) is 6.26 Å². The molecular weight excluding hydrogens is 288 g/mol. The lowest BCUT2D eigenvalue weighted by Crippen LogP contribution is -2.24. The molecule has 1 aliphatic carbocycles. The van der Waals surface area contributed by atoms with E-state index in [1.54, 1.807) is 12.1 Å². The van der Waals surface area contributed by atoms with Crippen LogP contribution in [0.5, 0.6) is 0 Å². The van der Waals surface area contributed by atoms with Crippen molar-refractivity contribution in [1.82, 2.24) is 0 Å². The van der Waals surface area contributed by atoms with Gasteiger partial charge in [-0.05, 0) is 41.9 Å². The minimum Gasteiger partial charge on any atom is -0.481 e. The Morgan fingerprint density at radius 2 is 1.81 bits per heavy atom. The van der Waals surface area contributed by atoms with Gasteiger partial charge in [0.05, 0.1) is 10.3 Å². The third-order valence-electron chi connectivity index (χ3n) is 4.14. The second kappa shape index (κ2) is 4.83. The first-order chi connectivity index (χ1) is 9.47. The van der Waals surface area contributed by atoms with Gasteiger partial charge in [-0.1, -0.05) is 32.9 Å². The van der Waals surface area contributed by atoms with E-state index < -0.39 is 21.2 Å². The van der Waals surface area contributed by atoms with Gasteiger partial charge >= 0.3 is 5.97 Å². The zero-order valence-corrected chi connectivity index (χ0v) is 13.7. The van der Waals surface area contributed by atoms with E-state index in [2.05, 4.69) is 20.8 Å². The van der Waals surface area contributed by atoms with Crippen molar-refractivity contribution in [3.63, 3.8) is 0 Å². The van der Waals surface area contributed by atoms with Crippen LogP contribution in [0.2, 0.25) is 0 Å². The number of sulfone groups is 1. The van der Waals surface area contributed by atoms with Crippen LogP contribution in [0.1, 0.15) is 39.2 Å². The van der Waals surface area contributed by atoms with Gasteiger partial charge in [-0.15, -0.1) is 0 Å². The van der Waals surface area contributed by atoms with E-state index >= 15 is 0 Å². The topological polar surface area (TPSA) is 71.4 Å². The smallest absolute Gasteiger partial charge is 0.314 e. The fourth-order valence-corrected chi connectivity index (χ4v) is 3.68. The molecule has 0 aromatic heterocycles. The number of benzene rings is 1. The average Bonchev–Trinajstić information content (AvgIpc) is 3.01. The molecule has 5 heteroatoms. The molecule has 0 amide bonds. The number of rotatable bonds is 4. The Kier molecular flexibility index (Phi) is 3.69. The highest BCUT2D eigenvalue weighted by Crippen LogP contribution is 2.58. The van der Waals surface area contributed by atoms with Crippen molar-refractivity contribution >= 4 is 15.8 Å². The molecule has 1 aliphatic rings. The van der Waals surface area contributed by atoms with E-state index in [9.17, 15) is 18.3 Å². The Bertz CT molecular complexity index is 653. The predicted molar refractivity (Wildman–Crippen MR) is 81.0 cm³/mol. The molecule has 0 saturated heterocycles. The second-order valence-electron chi connectivity index (χ2n) is 7.24. The molecule has 1 fully saturated rings. The largest absolute Gasteiger partial charge is 0.481 e. The molecule has 21 heavy (non-hydrogen) atoms. The van der Waals surface area contributed by atoms with Crippen molar-refractivity contribution in [2.75, 3.05) is 6.26 Å². The van der Waals surface area contributed by atoms with E-state index in [1.165, 1.54) is 12.1 Å². The first-order valence-electron chi connectivity index (χ1n) is 7.01. The van der Waals surface area contributed by atoms with Crippen LogP contribution in [-0.2, 0) is 20.0 Å². The van der Waals surface area contributed by atoms with Gasteiger partial charge in [0.1, 0.15) is 0 Å². The maximum Gasteiger partial charge on any atom is 0.314 e. The first-order valence-corrected chi connectivity index (χ1v) is 8.90. The monoisotopic (exact) mass is 310 g/mol. The lowest BCUT2D eigenvalue weighted by atomic mass is 9.84. The maximum atomic E-state index is 11.7. The zero-order chi connectivity index (χ0) is 16.1. The second-order valence-corrected chi connectivity index (χ2v) is 9.25. The van der Waals surface area contributed by atoms with Gasteiger partial charge in [-0.2, -0.15) is 0 Å². The summed E-state index contributed by atoms with van der Waals surface area (Å²) in [6, 6.07) is 6.30. The van der Waals surface area contributed by atoms with Crippen LogP contribution in [0.25, 0.3) is 0 Å². The highest BCUT2D eigenvalue weighted by Gasteiger charge is 2.61. The quantitative estimate of drug-likeness (QED) is 0.928. The number of hydrogen-bond acceptors (Lipinski definition) is 3. The molecule has 0 heterocycles. The minimum absolute atomic E-state index is 0.0779. The van der Waals surface area contributed by atoms with E-state index in [0.717, 1.165) is 12.7 Å². The Balaban J connectivity index is 2.32. The Labute approximate surface area is 126 Å². The lowest BCUT2D eigenvalue weighted by molar-refractivity contribution is -0.140. The van der Waals surface area contributed by atoms with Crippen molar-refractivity contribution in [1.29, 1.82) is 0 Å². The van der Waals surface area contributed by atoms with Crippen LogP contribution < -0.4 is 0 Å². The summed E-state index contributed by atoms with van der Waals surface area (Å²) in [5.41, 5.74) is -0.0608. The summed E-state index contributed by atoms with van der Waals surface area (Å²) in [6.07, 6.45) is 2.61. The standard InChI is InChI=1S/C16H22O4S/c1-15(2,3)9-12-10-16(12,14(17)18)11-5-7-13(8-6-11)21(4,19)20/h5-8,12H,9-10H2,1-4H3,(H,17,18). The van der Waals surface area contributed by atoms with Crippen LogP contribution in [-0.4, -0.2) is 25.7 Å². The van der Waals surface area contributed by atoms with Gasteiger partial charge in [0.2, 0.25) is 0 Å². The van der Waals surface area contributed by atoms with Gasteiger partial charge < -0.3 is 5.11 Å². The first kappa shape index (κ1) is 16.0. The fraction of sp³-hybridized carbons (Fsp3) is 0.562. The number of hydrogen-bond donors (Lipinski definition) is 1. The summed E-state index contributed by atoms with van der Waals surface area (Å²) in [5.74, 6) is -0.706. The van der Waals surface area contributed by atoms with Crippen LogP contribution in [0.4, 0.5) is 0 Å². The molecular formula is C16H22O4S. The molecule has 2 rings (SSSR count). The number of carboxylic acids is 1. The normalized spacial score (nSPS) is 25.6. The summed E-state index contributed by atoms with van der Waals surface area (Å²) >= 11 is 0. The molecule has 4 nitrogen and oxygen atoms in total. The number of aliphatic carboxylic acids is 1. The highest BCUT2D eigenvalue weighted by atomic mass is 32.2. The third-order valence-corrected chi connectivity index (χ3v) is 5.27. The molecule has 1 saturated carbocycles. The predicted octanol–water partition coefficient (Wildman–Crippen LogP) is 2.87. The summed E-state index contributed by atoms with van der Waals surface area (Å²) in [7, 11) is -3.25. The third kappa shape index (κ3) is 3.12. The molecule has 0 bridgehead atoms. The maximum absolute atomic E-state index is 11.7. The summed E-state index contributed by atoms with van der Waals surface area (Å²) < 4.78 is 23.0. The van der Waals surface area contributed by atoms with E-state index in [4.69, 9.17) is 0 Å². The lowest BCUT2D eigenvalue weighted by Gasteiger charge is -2.20. The summed E-state index contributed by atoms with van der Waals surface area (Å²) in [4.78, 5) is 12.0. The van der Waals surface area contributed by atoms with Crippen LogP contribution in [0.3, 0.4) is 0 Å². The van der Waals surface area contributed by atoms with Crippen molar-refractivity contribution < 1.29 is 18.3 Å². The van der Waals surface area contributed by atoms with Crippen molar-refractivity contribution in [3.8, 4) is 0 Å². The zero-order valence-electron chi connectivity index (χ0n) is 12.9. The van der Waals surface area contributed by atoms with Crippen molar-refractivity contribution in [3.05, 3.63) is 29.8 Å². The van der Waals surface area contributed by atoms with Gasteiger partial charge in [0.15, 0.2) is 9.84 Å². The Hall–Kier alpha value is -1.36. The van der Waals surface area contributed by atoms with Crippen molar-refractivity contribution in [2.24, 2.45) is 11.3 Å². The minimum atomic E-state index is -3.25. The van der Waals surface area contributed by atoms with Gasteiger partial charge in [0.25, 0.3) is 0 Å². The average molecular weight is 310 g/mol. The fourth-order valence-electron chi connectivity index (χ4n) is 3.05. The molecule has 0 radical (unpaired) electrons. The molecule has 0 aliphatic heterocycles. The van der Waals surface area contributed by atoms with E-state index in [-0.39, 0.29) is 16.2 Å². The van der Waals surface area contributed by atoms with E-state index in [0.29, 0.717) is 12.0 Å². The van der Waals surface area contributed by atoms with Crippen LogP contribution in [0.15, 0.2) is 29.2 Å². The molecule has 116 valence electrons. The van der Waals surface area contributed by atoms with Crippen molar-refractivity contribution in [2.45, 2.75) is 43.9 Å². The number of carbonyl (C=O) groups is 1. The Morgan fingerprint density at radius 1 is 1.29 bits per heavy atom. The van der Waals surface area contributed by atoms with Gasteiger partial charge in [-0.3, -0.25) is 4.79 Å². The summed E-state index contributed by atoms with van der Waals surface area (Å²) in [5, 5.41) is 9.64. The Morgan fingerprint density at radius 3 is 2.19 bits per heavy atom. The summed E-state index contributed by atoms with van der Waals surface area (Å²) in [6.45, 7) is 6.31. The van der Waals surface area contributed by atoms with Crippen LogP contribution in [0, 0.1) is 11.3 Å². The molecule has 1 aromatic carbocycles. The molecule has 2 unspecified atom stereocenters. The van der Waals surface area contributed by atoms with E-state index in [1.807, 2.05) is 0 Å². The highest BCUT2D eigenvalue weighted by molar-refractivity contribution is 7.90. The molecule has 0 spiro atoms. The SMILES string of the molecule is CC(C)(C)CC1CC1(C(=O)O)c1ccc(S(C)(=O)=O)cc1. The van der Waals surface area contributed by atoms with Crippen LogP contribution >= 0.6 is 0 Å². The number of carboxylic acid groups (broad SMARTS) is 1. The van der Waals surface area contributed by atoms with Gasteiger partial charge in [-0.25, -0.2) is 8.42 Å². The molecule has 1 aromatic rings. The molecule has 1 N–H and O–H groups in total. The molecule has 2 atom stereocenters.